The highest BCUT2D eigenvalue weighted by Gasteiger charge is 2.74. The van der Waals surface area contributed by atoms with Gasteiger partial charge < -0.3 is 19.5 Å². The summed E-state index contributed by atoms with van der Waals surface area (Å²) in [6.07, 6.45) is -9.64. The number of halogens is 6. The second-order valence-corrected chi connectivity index (χ2v) is 9.54. The molecule has 12 heteroatoms. The van der Waals surface area contributed by atoms with Crippen LogP contribution in [0.25, 0.3) is 0 Å². The van der Waals surface area contributed by atoms with Gasteiger partial charge in [-0.15, -0.1) is 0 Å². The Morgan fingerprint density at radius 3 is 2.29 bits per heavy atom. The van der Waals surface area contributed by atoms with Gasteiger partial charge in [0.25, 0.3) is 0 Å². The second-order valence-electron chi connectivity index (χ2n) is 9.54. The third kappa shape index (κ3) is 4.74. The van der Waals surface area contributed by atoms with E-state index < -0.39 is 53.3 Å². The molecule has 194 valence electrons. The fourth-order valence-corrected chi connectivity index (χ4v) is 6.55. The van der Waals surface area contributed by atoms with Crippen molar-refractivity contribution in [3.63, 3.8) is 0 Å². The molecule has 0 aromatic heterocycles. The number of methoxy groups -OCH3 is 1. The van der Waals surface area contributed by atoms with E-state index in [0.29, 0.717) is 12.8 Å². The number of hydrogen-bond acceptors (Lipinski definition) is 5. The van der Waals surface area contributed by atoms with Gasteiger partial charge in [0, 0.05) is 19.4 Å². The number of rotatable bonds is 8. The van der Waals surface area contributed by atoms with Gasteiger partial charge in [-0.05, 0) is 36.7 Å². The average Bonchev–Trinajstić information content (AvgIpc) is 3.12. The summed E-state index contributed by atoms with van der Waals surface area (Å²) in [5.74, 6) is -6.38. The minimum atomic E-state index is -5.29. The lowest BCUT2D eigenvalue weighted by atomic mass is 9.67. The molecule has 4 fully saturated rings. The number of amides is 1. The van der Waals surface area contributed by atoms with E-state index in [9.17, 15) is 35.9 Å². The number of carbonyl (C=O) groups excluding carboxylic acids is 2. The van der Waals surface area contributed by atoms with Gasteiger partial charge in [-0.2, -0.15) is 26.3 Å². The number of ether oxygens (including phenoxy) is 3. The van der Waals surface area contributed by atoms with Crippen molar-refractivity contribution in [3.8, 4) is 0 Å². The van der Waals surface area contributed by atoms with Crippen molar-refractivity contribution in [2.45, 2.75) is 55.3 Å². The molecule has 2 unspecified atom stereocenters. The molecule has 0 radical (unpaired) electrons. The minimum absolute atomic E-state index is 0.0383. The lowest BCUT2D eigenvalue weighted by Crippen LogP contribution is -2.54. The van der Waals surface area contributed by atoms with Crippen LogP contribution in [0.2, 0.25) is 0 Å². The van der Waals surface area contributed by atoms with Gasteiger partial charge in [0.1, 0.15) is 5.60 Å². The number of nitrogens with one attached hydrogen (secondary N) is 1. The molecule has 4 saturated carbocycles. The summed E-state index contributed by atoms with van der Waals surface area (Å²) in [6, 6.07) is 6.32. The van der Waals surface area contributed by atoms with Gasteiger partial charge in [-0.25, -0.2) is 4.79 Å². The largest absolute Gasteiger partial charge is 0.490 e. The number of carbonyl (C=O) groups is 2. The number of alkyl halides is 6. The van der Waals surface area contributed by atoms with Crippen molar-refractivity contribution < 1.29 is 50.1 Å². The third-order valence-electron chi connectivity index (χ3n) is 7.44. The Balaban J connectivity index is 1.78. The van der Waals surface area contributed by atoms with E-state index in [-0.39, 0.29) is 37.5 Å². The maximum atomic E-state index is 13.3. The topological polar surface area (TPSA) is 73.9 Å². The lowest BCUT2D eigenvalue weighted by molar-refractivity contribution is -0.225. The predicted octanol–water partition coefficient (Wildman–Crippen LogP) is 4.10. The molecule has 1 amide bonds. The van der Waals surface area contributed by atoms with Crippen LogP contribution in [0.15, 0.2) is 30.3 Å². The van der Waals surface area contributed by atoms with Crippen LogP contribution in [-0.4, -0.2) is 55.8 Å². The first kappa shape index (κ1) is 25.7. The fraction of sp³-hybridized carbons (Fsp3) is 0.652. The van der Waals surface area contributed by atoms with Crippen molar-refractivity contribution in [2.24, 2.45) is 17.8 Å². The molecule has 0 aliphatic heterocycles. The normalized spacial score (nSPS) is 32.5. The molecule has 6 atom stereocenters. The Bertz CT molecular complexity index is 954. The SMILES string of the molecule is COCCO[C@@]12CC3CC1[C@H]([C@@H](NC(=O)C(F)(F)F)c1ccccc1)[C@](OC(=O)C(F)(F)F)(C3)C2. The zero-order valence-corrected chi connectivity index (χ0v) is 18.7. The molecule has 0 saturated heterocycles. The molecule has 1 N–H and O–H groups in total. The first-order valence-corrected chi connectivity index (χ1v) is 11.2. The molecule has 0 spiro atoms. The van der Waals surface area contributed by atoms with Crippen LogP contribution < -0.4 is 5.32 Å². The van der Waals surface area contributed by atoms with Crippen LogP contribution in [0.5, 0.6) is 0 Å². The zero-order chi connectivity index (χ0) is 25.6. The Hall–Kier alpha value is -2.34. The Labute approximate surface area is 197 Å². The van der Waals surface area contributed by atoms with Crippen LogP contribution in [0, 0.1) is 17.8 Å². The van der Waals surface area contributed by atoms with E-state index in [0.717, 1.165) is 0 Å². The summed E-state index contributed by atoms with van der Waals surface area (Å²) < 4.78 is 95.8. The predicted molar refractivity (Wildman–Crippen MR) is 108 cm³/mol. The molecule has 1 aromatic carbocycles. The molecule has 6 nitrogen and oxygen atoms in total. The monoisotopic (exact) mass is 509 g/mol. The van der Waals surface area contributed by atoms with Crippen LogP contribution in [0.1, 0.15) is 37.3 Å². The molecule has 1 aromatic rings. The summed E-state index contributed by atoms with van der Waals surface area (Å²) in [5.41, 5.74) is -2.50. The Kier molecular flexibility index (Phi) is 6.58. The average molecular weight is 509 g/mol. The van der Waals surface area contributed by atoms with Crippen LogP contribution in [0.4, 0.5) is 26.3 Å². The summed E-state index contributed by atoms with van der Waals surface area (Å²) >= 11 is 0. The quantitative estimate of drug-likeness (QED) is 0.325. The standard InChI is InChI=1S/C23H25F6NO5/c1-33-7-8-34-20-10-13-9-15(20)16(21(11-13,12-20)35-19(32)23(27,28)29)17(14-5-3-2-4-6-14)30-18(31)22(24,25)26/h2-6,13,15-17H,7-12H2,1H3,(H,30,31)/t13?,15?,16-,17+,20-,21+/m1/s1. The molecular weight excluding hydrogens is 484 g/mol. The van der Waals surface area contributed by atoms with Crippen molar-refractivity contribution in [1.82, 2.24) is 5.32 Å². The number of esters is 1. The third-order valence-corrected chi connectivity index (χ3v) is 7.44. The fourth-order valence-electron chi connectivity index (χ4n) is 6.55. The summed E-state index contributed by atoms with van der Waals surface area (Å²) in [4.78, 5) is 24.0. The Morgan fingerprint density at radius 1 is 1.03 bits per heavy atom. The van der Waals surface area contributed by atoms with E-state index in [1.807, 2.05) is 5.32 Å². The molecule has 4 aliphatic carbocycles. The van der Waals surface area contributed by atoms with Crippen molar-refractivity contribution in [1.29, 1.82) is 0 Å². The van der Waals surface area contributed by atoms with Gasteiger partial charge in [0.05, 0.1) is 24.9 Å². The van der Waals surface area contributed by atoms with Crippen molar-refractivity contribution in [3.05, 3.63) is 35.9 Å². The van der Waals surface area contributed by atoms with E-state index in [2.05, 4.69) is 0 Å². The second kappa shape index (κ2) is 8.95. The van der Waals surface area contributed by atoms with Crippen molar-refractivity contribution in [2.75, 3.05) is 20.3 Å². The molecular formula is C23H25F6NO5. The molecule has 4 bridgehead atoms. The summed E-state index contributed by atoms with van der Waals surface area (Å²) in [7, 11) is 1.45. The number of hydrogen-bond donors (Lipinski definition) is 1. The lowest BCUT2D eigenvalue weighted by Gasteiger charge is -2.46. The van der Waals surface area contributed by atoms with E-state index >= 15 is 0 Å². The summed E-state index contributed by atoms with van der Waals surface area (Å²) in [5, 5.41) is 1.99. The molecule has 5 rings (SSSR count). The highest BCUT2D eigenvalue weighted by atomic mass is 19.4. The molecule has 4 aliphatic rings. The van der Waals surface area contributed by atoms with Gasteiger partial charge in [0.2, 0.25) is 0 Å². The van der Waals surface area contributed by atoms with Gasteiger partial charge >= 0.3 is 24.2 Å². The maximum absolute atomic E-state index is 13.3. The summed E-state index contributed by atoms with van der Waals surface area (Å²) in [6.45, 7) is 0.312. The molecule has 35 heavy (non-hydrogen) atoms. The highest BCUT2D eigenvalue weighted by Crippen LogP contribution is 2.70. The van der Waals surface area contributed by atoms with Gasteiger partial charge in [-0.3, -0.25) is 4.79 Å². The first-order chi connectivity index (χ1) is 16.3. The zero-order valence-electron chi connectivity index (χ0n) is 18.7. The molecule has 0 heterocycles. The minimum Gasteiger partial charge on any atom is -0.452 e. The first-order valence-electron chi connectivity index (χ1n) is 11.2. The van der Waals surface area contributed by atoms with E-state index in [1.165, 1.54) is 19.2 Å². The van der Waals surface area contributed by atoms with Gasteiger partial charge in [-0.1, -0.05) is 30.3 Å². The van der Waals surface area contributed by atoms with Crippen LogP contribution >= 0.6 is 0 Å². The van der Waals surface area contributed by atoms with E-state index in [1.54, 1.807) is 18.2 Å². The smallest absolute Gasteiger partial charge is 0.452 e. The van der Waals surface area contributed by atoms with Crippen LogP contribution in [-0.2, 0) is 23.8 Å². The van der Waals surface area contributed by atoms with Crippen LogP contribution in [0.3, 0.4) is 0 Å². The highest BCUT2D eigenvalue weighted by molar-refractivity contribution is 5.82. The van der Waals surface area contributed by atoms with Gasteiger partial charge in [0.15, 0.2) is 0 Å². The van der Waals surface area contributed by atoms with Crippen molar-refractivity contribution >= 4 is 11.9 Å². The number of benzene rings is 1. The maximum Gasteiger partial charge on any atom is 0.490 e. The van der Waals surface area contributed by atoms with E-state index in [4.69, 9.17) is 14.2 Å². The Morgan fingerprint density at radius 2 is 1.69 bits per heavy atom.